The number of aryl methyl sites for hydroxylation is 1. The van der Waals surface area contributed by atoms with Gasteiger partial charge in [0.05, 0.1) is 12.7 Å². The predicted octanol–water partition coefficient (Wildman–Crippen LogP) is 3.03. The molecule has 0 N–H and O–H groups in total. The molecule has 8 heteroatoms. The van der Waals surface area contributed by atoms with Gasteiger partial charge in [0.1, 0.15) is 0 Å². The summed E-state index contributed by atoms with van der Waals surface area (Å²) in [6.45, 7) is 3.15. The summed E-state index contributed by atoms with van der Waals surface area (Å²) in [6, 6.07) is 14.8. The van der Waals surface area contributed by atoms with E-state index in [-0.39, 0.29) is 30.9 Å². The van der Waals surface area contributed by atoms with Crippen LogP contribution >= 0.6 is 0 Å². The molecular formula is C28H30N2O6. The van der Waals surface area contributed by atoms with E-state index in [1.807, 2.05) is 62.3 Å². The highest BCUT2D eigenvalue weighted by Gasteiger charge is 2.29. The van der Waals surface area contributed by atoms with Crippen molar-refractivity contribution in [3.63, 3.8) is 0 Å². The number of benzene rings is 2. The van der Waals surface area contributed by atoms with Gasteiger partial charge in [-0.1, -0.05) is 42.0 Å². The van der Waals surface area contributed by atoms with E-state index in [0.717, 1.165) is 11.1 Å². The quantitative estimate of drug-likeness (QED) is 0.453. The largest absolute Gasteiger partial charge is 0.465 e. The minimum atomic E-state index is -0.439. The first-order valence-corrected chi connectivity index (χ1v) is 11.3. The molecule has 0 atom stereocenters. The number of rotatable bonds is 6. The number of piperidine rings is 1. The standard InChI is InChI=1S/C27H30N2O4.CO2/c1-19-7-5-8-20(13-19)15-23-17-29(25(30)11-12-28(2)3)18-24(26(23)31)16-21-9-6-10-22(14-21)27(32)33-4;2-1-3/h5-10,13-16H,11-12,17-18H2,1-4H3;/b23-15+,24-16+;. The van der Waals surface area contributed by atoms with Crippen molar-refractivity contribution in [3.05, 3.63) is 81.9 Å². The lowest BCUT2D eigenvalue weighted by Crippen LogP contribution is -2.42. The number of methoxy groups -OCH3 is 1. The molecule has 188 valence electrons. The molecule has 1 heterocycles. The summed E-state index contributed by atoms with van der Waals surface area (Å²) in [4.78, 5) is 58.1. The molecule has 0 aliphatic carbocycles. The Balaban J connectivity index is 0.00000145. The Bertz CT molecular complexity index is 1210. The SMILES string of the molecule is COC(=O)c1cccc(/C=C2\CN(C(=O)CCN(C)C)C/C(=C\c3cccc(C)c3)C2=O)c1.O=C=O. The monoisotopic (exact) mass is 490 g/mol. The van der Waals surface area contributed by atoms with Crippen molar-refractivity contribution in [1.29, 1.82) is 0 Å². The van der Waals surface area contributed by atoms with Crippen molar-refractivity contribution in [2.75, 3.05) is 40.8 Å². The highest BCUT2D eigenvalue weighted by atomic mass is 16.5. The van der Waals surface area contributed by atoms with Gasteiger partial charge in [-0.2, -0.15) is 9.59 Å². The van der Waals surface area contributed by atoms with Gasteiger partial charge in [-0.15, -0.1) is 0 Å². The van der Waals surface area contributed by atoms with Crippen LogP contribution in [0.15, 0.2) is 59.7 Å². The van der Waals surface area contributed by atoms with Gasteiger partial charge in [0.2, 0.25) is 5.91 Å². The van der Waals surface area contributed by atoms with Crippen LogP contribution in [0.25, 0.3) is 12.2 Å². The van der Waals surface area contributed by atoms with E-state index in [0.29, 0.717) is 35.2 Å². The van der Waals surface area contributed by atoms with Crippen molar-refractivity contribution in [2.24, 2.45) is 0 Å². The minimum absolute atomic E-state index is 0.000513. The third-order valence-corrected chi connectivity index (χ3v) is 5.46. The van der Waals surface area contributed by atoms with E-state index < -0.39 is 5.97 Å². The summed E-state index contributed by atoms with van der Waals surface area (Å²) >= 11 is 0. The number of ketones is 1. The van der Waals surface area contributed by atoms with Gasteiger partial charge in [-0.05, 0) is 56.4 Å². The van der Waals surface area contributed by atoms with E-state index in [1.54, 1.807) is 29.2 Å². The number of hydrogen-bond donors (Lipinski definition) is 0. The molecule has 36 heavy (non-hydrogen) atoms. The van der Waals surface area contributed by atoms with E-state index in [4.69, 9.17) is 14.3 Å². The van der Waals surface area contributed by atoms with Gasteiger partial charge in [-0.25, -0.2) is 4.79 Å². The highest BCUT2D eigenvalue weighted by molar-refractivity contribution is 6.15. The van der Waals surface area contributed by atoms with E-state index in [2.05, 4.69) is 0 Å². The molecular weight excluding hydrogens is 460 g/mol. The summed E-state index contributed by atoms with van der Waals surface area (Å²) < 4.78 is 4.80. The number of carbonyl (C=O) groups is 3. The van der Waals surface area contributed by atoms with Crippen LogP contribution in [-0.4, -0.2) is 74.5 Å². The first-order chi connectivity index (χ1) is 17.2. The number of esters is 1. The van der Waals surface area contributed by atoms with Crippen molar-refractivity contribution in [1.82, 2.24) is 9.80 Å². The molecule has 0 aromatic heterocycles. The lowest BCUT2D eigenvalue weighted by molar-refractivity contribution is -0.191. The second-order valence-corrected chi connectivity index (χ2v) is 8.59. The molecule has 0 unspecified atom stereocenters. The maximum Gasteiger partial charge on any atom is 0.373 e. The molecule has 2 aromatic carbocycles. The number of nitrogens with zero attached hydrogens (tertiary/aromatic N) is 2. The lowest BCUT2D eigenvalue weighted by Gasteiger charge is -2.30. The van der Waals surface area contributed by atoms with Crippen molar-refractivity contribution < 1.29 is 28.7 Å². The second kappa shape index (κ2) is 13.7. The van der Waals surface area contributed by atoms with Crippen LogP contribution in [-0.2, 0) is 23.9 Å². The Labute approximate surface area is 210 Å². The number of Topliss-reactive ketones (excluding diaryl/α,β-unsaturated/α-hetero) is 1. The molecule has 0 saturated carbocycles. The normalized spacial score (nSPS) is 15.4. The van der Waals surface area contributed by atoms with Crippen molar-refractivity contribution in [2.45, 2.75) is 13.3 Å². The summed E-state index contributed by atoms with van der Waals surface area (Å²) in [5.74, 6) is -0.525. The van der Waals surface area contributed by atoms with Gasteiger partial charge < -0.3 is 14.5 Å². The van der Waals surface area contributed by atoms with Gasteiger partial charge in [0.15, 0.2) is 5.78 Å². The number of ether oxygens (including phenoxy) is 1. The average Bonchev–Trinajstić information content (AvgIpc) is 2.85. The highest BCUT2D eigenvalue weighted by Crippen LogP contribution is 2.23. The molecule has 3 rings (SSSR count). The number of likely N-dealkylation sites (tertiary alicyclic amines) is 1. The molecule has 1 amide bonds. The fourth-order valence-corrected chi connectivity index (χ4v) is 3.73. The number of carbonyl (C=O) groups excluding carboxylic acids is 5. The number of hydrogen-bond acceptors (Lipinski definition) is 7. The van der Waals surface area contributed by atoms with Gasteiger partial charge in [-0.3, -0.25) is 9.59 Å². The van der Waals surface area contributed by atoms with Gasteiger partial charge in [0, 0.05) is 37.2 Å². The first kappa shape index (κ1) is 28.1. The molecule has 1 fully saturated rings. The van der Waals surface area contributed by atoms with Crippen LogP contribution in [0.1, 0.15) is 33.5 Å². The fraction of sp³-hybridized carbons (Fsp3) is 0.286. The summed E-state index contributed by atoms with van der Waals surface area (Å²) in [5.41, 5.74) is 4.22. The smallest absolute Gasteiger partial charge is 0.373 e. The minimum Gasteiger partial charge on any atom is -0.465 e. The fourth-order valence-electron chi connectivity index (χ4n) is 3.73. The Kier molecular flexibility index (Phi) is 10.7. The lowest BCUT2D eigenvalue weighted by atomic mass is 9.93. The Morgan fingerprint density at radius 1 is 1.00 bits per heavy atom. The zero-order chi connectivity index (χ0) is 26.7. The molecule has 8 nitrogen and oxygen atoms in total. The van der Waals surface area contributed by atoms with Crippen LogP contribution in [0.3, 0.4) is 0 Å². The topological polar surface area (TPSA) is 101 Å². The van der Waals surface area contributed by atoms with Gasteiger partial charge in [0.25, 0.3) is 0 Å². The molecule has 1 saturated heterocycles. The van der Waals surface area contributed by atoms with E-state index in [1.165, 1.54) is 7.11 Å². The van der Waals surface area contributed by atoms with Crippen molar-refractivity contribution >= 4 is 36.0 Å². The molecule has 0 spiro atoms. The third-order valence-electron chi connectivity index (χ3n) is 5.46. The number of amides is 1. The summed E-state index contributed by atoms with van der Waals surface area (Å²) in [7, 11) is 5.18. The maximum atomic E-state index is 13.4. The molecule has 0 radical (unpaired) electrons. The van der Waals surface area contributed by atoms with Crippen LogP contribution in [0.5, 0.6) is 0 Å². The van der Waals surface area contributed by atoms with E-state index in [9.17, 15) is 14.4 Å². The van der Waals surface area contributed by atoms with Crippen LogP contribution in [0.4, 0.5) is 0 Å². The van der Waals surface area contributed by atoms with E-state index >= 15 is 0 Å². The average molecular weight is 491 g/mol. The van der Waals surface area contributed by atoms with Crippen LogP contribution in [0, 0.1) is 6.92 Å². The van der Waals surface area contributed by atoms with Crippen molar-refractivity contribution in [3.8, 4) is 0 Å². The Morgan fingerprint density at radius 2 is 1.56 bits per heavy atom. The Morgan fingerprint density at radius 3 is 2.08 bits per heavy atom. The zero-order valence-electron chi connectivity index (χ0n) is 20.9. The zero-order valence-corrected chi connectivity index (χ0v) is 20.9. The predicted molar refractivity (Wildman–Crippen MR) is 135 cm³/mol. The summed E-state index contributed by atoms with van der Waals surface area (Å²) in [5, 5.41) is 0. The molecule has 0 bridgehead atoms. The molecule has 1 aliphatic heterocycles. The Hall–Kier alpha value is -4.13. The summed E-state index contributed by atoms with van der Waals surface area (Å²) in [6.07, 6.45) is 4.24. The second-order valence-electron chi connectivity index (χ2n) is 8.59. The third kappa shape index (κ3) is 8.27. The van der Waals surface area contributed by atoms with Gasteiger partial charge >= 0.3 is 12.1 Å². The van der Waals surface area contributed by atoms with Crippen LogP contribution < -0.4 is 0 Å². The maximum absolute atomic E-state index is 13.4. The molecule has 2 aromatic rings. The molecule has 1 aliphatic rings. The van der Waals surface area contributed by atoms with Crippen LogP contribution in [0.2, 0.25) is 0 Å². The first-order valence-electron chi connectivity index (χ1n) is 11.3.